The summed E-state index contributed by atoms with van der Waals surface area (Å²) in [6, 6.07) is 5.16. The Morgan fingerprint density at radius 1 is 1.33 bits per heavy atom. The molecule has 1 N–H and O–H groups in total. The lowest BCUT2D eigenvalue weighted by Crippen LogP contribution is -2.18. The Labute approximate surface area is 105 Å². The summed E-state index contributed by atoms with van der Waals surface area (Å²) in [5.41, 5.74) is 1.96. The molecule has 2 heterocycles. The molecule has 0 unspecified atom stereocenters. The summed E-state index contributed by atoms with van der Waals surface area (Å²) >= 11 is 0. The number of hydrogen-bond acceptors (Lipinski definition) is 3. The van der Waals surface area contributed by atoms with Gasteiger partial charge in [-0.2, -0.15) is 0 Å². The van der Waals surface area contributed by atoms with Crippen LogP contribution in [0.15, 0.2) is 28.9 Å². The van der Waals surface area contributed by atoms with E-state index >= 15 is 0 Å². The first-order valence-electron chi connectivity index (χ1n) is 6.20. The van der Waals surface area contributed by atoms with Crippen molar-refractivity contribution in [3.05, 3.63) is 35.6 Å². The number of rotatable bonds is 3. The van der Waals surface area contributed by atoms with Crippen LogP contribution in [-0.2, 0) is 6.54 Å². The van der Waals surface area contributed by atoms with Crippen LogP contribution in [0.5, 0.6) is 0 Å². The molecule has 4 heteroatoms. The molecule has 0 bridgehead atoms. The van der Waals surface area contributed by atoms with Gasteiger partial charge in [0.25, 0.3) is 0 Å². The SMILES string of the molecule is O=C(O)c1cccc2occ(CN3CCCC3)c12. The van der Waals surface area contributed by atoms with E-state index in [9.17, 15) is 9.90 Å². The number of hydrogen-bond donors (Lipinski definition) is 1. The van der Waals surface area contributed by atoms with E-state index < -0.39 is 5.97 Å². The van der Waals surface area contributed by atoms with Gasteiger partial charge in [0.1, 0.15) is 5.58 Å². The molecule has 0 spiro atoms. The number of carboxylic acid groups (broad SMARTS) is 1. The second-order valence-corrected chi connectivity index (χ2v) is 4.73. The van der Waals surface area contributed by atoms with Crippen molar-refractivity contribution in [2.24, 2.45) is 0 Å². The van der Waals surface area contributed by atoms with Gasteiger partial charge in [0, 0.05) is 17.5 Å². The summed E-state index contributed by atoms with van der Waals surface area (Å²) in [4.78, 5) is 13.6. The predicted octanol–water partition coefficient (Wildman–Crippen LogP) is 2.73. The molecule has 1 aromatic carbocycles. The van der Waals surface area contributed by atoms with Gasteiger partial charge in [-0.15, -0.1) is 0 Å². The van der Waals surface area contributed by atoms with E-state index in [0.717, 1.165) is 30.6 Å². The zero-order chi connectivity index (χ0) is 12.5. The summed E-state index contributed by atoms with van der Waals surface area (Å²) in [5, 5.41) is 9.98. The van der Waals surface area contributed by atoms with Crippen molar-refractivity contribution in [3.8, 4) is 0 Å². The summed E-state index contributed by atoms with van der Waals surface area (Å²) in [6.45, 7) is 2.95. The highest BCUT2D eigenvalue weighted by atomic mass is 16.4. The van der Waals surface area contributed by atoms with Crippen LogP contribution in [-0.4, -0.2) is 29.1 Å². The average molecular weight is 245 g/mol. The van der Waals surface area contributed by atoms with Crippen LogP contribution in [0.4, 0.5) is 0 Å². The van der Waals surface area contributed by atoms with Crippen molar-refractivity contribution in [2.45, 2.75) is 19.4 Å². The molecule has 1 aromatic heterocycles. The number of benzene rings is 1. The van der Waals surface area contributed by atoms with Gasteiger partial charge in [-0.1, -0.05) is 6.07 Å². The van der Waals surface area contributed by atoms with Crippen molar-refractivity contribution in [2.75, 3.05) is 13.1 Å². The van der Waals surface area contributed by atoms with Crippen molar-refractivity contribution in [1.29, 1.82) is 0 Å². The third-order valence-corrected chi connectivity index (χ3v) is 3.50. The van der Waals surface area contributed by atoms with Crippen molar-refractivity contribution in [1.82, 2.24) is 4.90 Å². The minimum absolute atomic E-state index is 0.329. The van der Waals surface area contributed by atoms with Gasteiger partial charge in [-0.05, 0) is 38.1 Å². The minimum atomic E-state index is -0.898. The molecule has 4 nitrogen and oxygen atoms in total. The molecule has 0 saturated carbocycles. The van der Waals surface area contributed by atoms with E-state index in [4.69, 9.17) is 4.42 Å². The van der Waals surface area contributed by atoms with Gasteiger partial charge < -0.3 is 9.52 Å². The normalized spacial score (nSPS) is 16.4. The zero-order valence-electron chi connectivity index (χ0n) is 10.1. The minimum Gasteiger partial charge on any atom is -0.478 e. The molecule has 1 aliphatic rings. The third-order valence-electron chi connectivity index (χ3n) is 3.50. The highest BCUT2D eigenvalue weighted by Gasteiger charge is 2.18. The van der Waals surface area contributed by atoms with Crippen LogP contribution >= 0.6 is 0 Å². The molecule has 3 rings (SSSR count). The van der Waals surface area contributed by atoms with E-state index in [0.29, 0.717) is 11.1 Å². The summed E-state index contributed by atoms with van der Waals surface area (Å²) < 4.78 is 5.46. The Bertz CT molecular complexity index is 582. The Morgan fingerprint density at radius 2 is 2.11 bits per heavy atom. The number of likely N-dealkylation sites (tertiary alicyclic amines) is 1. The second-order valence-electron chi connectivity index (χ2n) is 4.73. The fourth-order valence-electron chi connectivity index (χ4n) is 2.63. The summed E-state index contributed by atoms with van der Waals surface area (Å²) in [7, 11) is 0. The molecule has 94 valence electrons. The van der Waals surface area contributed by atoms with Gasteiger partial charge in [0.2, 0.25) is 0 Å². The lowest BCUT2D eigenvalue weighted by atomic mass is 10.1. The van der Waals surface area contributed by atoms with E-state index in [2.05, 4.69) is 4.90 Å². The number of furan rings is 1. The lowest BCUT2D eigenvalue weighted by molar-refractivity contribution is 0.0699. The average Bonchev–Trinajstić information content (AvgIpc) is 2.99. The third kappa shape index (κ3) is 1.88. The largest absolute Gasteiger partial charge is 0.478 e. The van der Waals surface area contributed by atoms with Gasteiger partial charge in [0.15, 0.2) is 0 Å². The topological polar surface area (TPSA) is 53.7 Å². The number of carbonyl (C=O) groups is 1. The molecule has 1 aliphatic heterocycles. The van der Waals surface area contributed by atoms with Crippen LogP contribution in [0, 0.1) is 0 Å². The van der Waals surface area contributed by atoms with Crippen molar-refractivity contribution < 1.29 is 14.3 Å². The fourth-order valence-corrected chi connectivity index (χ4v) is 2.63. The first-order chi connectivity index (χ1) is 8.75. The van der Waals surface area contributed by atoms with Crippen LogP contribution in [0.2, 0.25) is 0 Å². The first-order valence-corrected chi connectivity index (χ1v) is 6.20. The molecule has 1 saturated heterocycles. The molecule has 0 radical (unpaired) electrons. The van der Waals surface area contributed by atoms with E-state index in [1.54, 1.807) is 18.4 Å². The maximum Gasteiger partial charge on any atom is 0.336 e. The molecule has 0 amide bonds. The molecule has 1 fully saturated rings. The van der Waals surface area contributed by atoms with Crippen LogP contribution < -0.4 is 0 Å². The van der Waals surface area contributed by atoms with Crippen molar-refractivity contribution >= 4 is 16.9 Å². The number of nitrogens with zero attached hydrogens (tertiary/aromatic N) is 1. The Balaban J connectivity index is 2.03. The summed E-state index contributed by atoms with van der Waals surface area (Å²) in [6.07, 6.45) is 4.14. The molecular formula is C14H15NO3. The lowest BCUT2D eigenvalue weighted by Gasteiger charge is -2.13. The van der Waals surface area contributed by atoms with E-state index in [-0.39, 0.29) is 0 Å². The van der Waals surface area contributed by atoms with E-state index in [1.807, 2.05) is 6.07 Å². The van der Waals surface area contributed by atoms with Gasteiger partial charge >= 0.3 is 5.97 Å². The summed E-state index contributed by atoms with van der Waals surface area (Å²) in [5.74, 6) is -0.898. The molecule has 18 heavy (non-hydrogen) atoms. The highest BCUT2D eigenvalue weighted by molar-refractivity contribution is 6.03. The first kappa shape index (κ1) is 11.3. The number of carboxylic acids is 1. The Morgan fingerprint density at radius 3 is 2.83 bits per heavy atom. The quantitative estimate of drug-likeness (QED) is 0.903. The van der Waals surface area contributed by atoms with Crippen LogP contribution in [0.25, 0.3) is 11.0 Å². The maximum atomic E-state index is 11.2. The molecule has 2 aromatic rings. The predicted molar refractivity (Wildman–Crippen MR) is 67.7 cm³/mol. The van der Waals surface area contributed by atoms with Gasteiger partial charge in [-0.25, -0.2) is 4.79 Å². The number of fused-ring (bicyclic) bond motifs is 1. The maximum absolute atomic E-state index is 11.2. The monoisotopic (exact) mass is 245 g/mol. The van der Waals surface area contributed by atoms with Crippen LogP contribution in [0.3, 0.4) is 0 Å². The highest BCUT2D eigenvalue weighted by Crippen LogP contribution is 2.27. The smallest absolute Gasteiger partial charge is 0.336 e. The standard InChI is InChI=1S/C14H15NO3/c16-14(17)11-4-3-5-12-13(11)10(9-18-12)8-15-6-1-2-7-15/h3-5,9H,1-2,6-8H2,(H,16,17). The van der Waals surface area contributed by atoms with E-state index in [1.165, 1.54) is 12.8 Å². The zero-order valence-corrected chi connectivity index (χ0v) is 10.1. The van der Waals surface area contributed by atoms with Gasteiger partial charge in [-0.3, -0.25) is 4.90 Å². The van der Waals surface area contributed by atoms with Crippen molar-refractivity contribution in [3.63, 3.8) is 0 Å². The number of aromatic carboxylic acids is 1. The molecular weight excluding hydrogens is 230 g/mol. The molecule has 0 atom stereocenters. The fraction of sp³-hybridized carbons (Fsp3) is 0.357. The molecule has 0 aliphatic carbocycles. The Kier molecular flexibility index (Phi) is 2.80. The van der Waals surface area contributed by atoms with Crippen LogP contribution in [0.1, 0.15) is 28.8 Å². The van der Waals surface area contributed by atoms with Gasteiger partial charge in [0.05, 0.1) is 11.8 Å². The Hall–Kier alpha value is -1.81. The second kappa shape index (κ2) is 4.46.